The van der Waals surface area contributed by atoms with Gasteiger partial charge in [0.25, 0.3) is 0 Å². The molecule has 0 heterocycles. The van der Waals surface area contributed by atoms with Crippen LogP contribution in [0.4, 0.5) is 0 Å². The van der Waals surface area contributed by atoms with E-state index in [1.165, 1.54) is 0 Å². The fourth-order valence-electron chi connectivity index (χ4n) is 1.37. The average molecular weight is 270 g/mol. The largest absolute Gasteiger partial charge is 0.462 e. The van der Waals surface area contributed by atoms with Gasteiger partial charge >= 0.3 is 11.9 Å². The maximum atomic E-state index is 11.9. The fraction of sp³-hybridized carbons (Fsp3) is 0.733. The van der Waals surface area contributed by atoms with Crippen LogP contribution in [0.5, 0.6) is 0 Å². The van der Waals surface area contributed by atoms with Crippen molar-refractivity contribution in [2.45, 2.75) is 48.0 Å². The average Bonchev–Trinajstić information content (AvgIpc) is 2.33. The lowest BCUT2D eigenvalue weighted by Crippen LogP contribution is -2.18. The van der Waals surface area contributed by atoms with Crippen LogP contribution in [0.3, 0.4) is 0 Å². The molecule has 0 aliphatic carbocycles. The molecule has 0 radical (unpaired) electrons. The number of hydrogen-bond donors (Lipinski definition) is 0. The zero-order valence-corrected chi connectivity index (χ0v) is 12.9. The minimum absolute atomic E-state index is 0.273. The Kier molecular flexibility index (Phi) is 8.12. The van der Waals surface area contributed by atoms with Crippen molar-refractivity contribution in [2.75, 3.05) is 13.2 Å². The third-order valence-corrected chi connectivity index (χ3v) is 2.45. The second kappa shape index (κ2) is 8.73. The normalized spacial score (nSPS) is 12.4. The van der Waals surface area contributed by atoms with Crippen molar-refractivity contribution < 1.29 is 19.1 Å². The van der Waals surface area contributed by atoms with Crippen molar-refractivity contribution in [3.8, 4) is 0 Å². The molecule has 0 bridgehead atoms. The van der Waals surface area contributed by atoms with Crippen LogP contribution in [-0.4, -0.2) is 25.2 Å². The van der Waals surface area contributed by atoms with Crippen LogP contribution in [0, 0.1) is 11.8 Å². The molecular weight excluding hydrogens is 244 g/mol. The van der Waals surface area contributed by atoms with Gasteiger partial charge < -0.3 is 9.47 Å². The van der Waals surface area contributed by atoms with Gasteiger partial charge in [0, 0.05) is 11.1 Å². The minimum Gasteiger partial charge on any atom is -0.462 e. The fourth-order valence-corrected chi connectivity index (χ4v) is 1.37. The Morgan fingerprint density at radius 1 is 0.895 bits per heavy atom. The Morgan fingerprint density at radius 2 is 1.32 bits per heavy atom. The van der Waals surface area contributed by atoms with E-state index in [-0.39, 0.29) is 11.8 Å². The molecule has 19 heavy (non-hydrogen) atoms. The highest BCUT2D eigenvalue weighted by Gasteiger charge is 2.19. The van der Waals surface area contributed by atoms with Gasteiger partial charge in [-0.05, 0) is 25.2 Å². The molecule has 0 N–H and O–H groups in total. The number of ether oxygens (including phenoxy) is 2. The molecular formula is C15H26O4. The summed E-state index contributed by atoms with van der Waals surface area (Å²) in [5.74, 6) is -0.313. The van der Waals surface area contributed by atoms with Crippen LogP contribution in [0.1, 0.15) is 48.0 Å². The smallest absolute Gasteiger partial charge is 0.334 e. The first-order valence-electron chi connectivity index (χ1n) is 6.83. The van der Waals surface area contributed by atoms with Gasteiger partial charge in [-0.1, -0.05) is 34.6 Å². The van der Waals surface area contributed by atoms with Crippen LogP contribution in [0.15, 0.2) is 11.1 Å². The third kappa shape index (κ3) is 6.99. The predicted octanol–water partition coefficient (Wildman–Crippen LogP) is 3.11. The number of esters is 2. The summed E-state index contributed by atoms with van der Waals surface area (Å²) < 4.78 is 10.3. The second-order valence-corrected chi connectivity index (χ2v) is 5.44. The van der Waals surface area contributed by atoms with Crippen LogP contribution in [0.25, 0.3) is 0 Å². The van der Waals surface area contributed by atoms with Crippen molar-refractivity contribution in [3.05, 3.63) is 11.1 Å². The Labute approximate surface area is 116 Å². The van der Waals surface area contributed by atoms with Gasteiger partial charge in [-0.25, -0.2) is 9.59 Å². The van der Waals surface area contributed by atoms with Gasteiger partial charge in [0.2, 0.25) is 0 Å². The molecule has 110 valence electrons. The third-order valence-electron chi connectivity index (χ3n) is 2.45. The summed E-state index contributed by atoms with van der Waals surface area (Å²) in [5, 5.41) is 0. The molecule has 4 nitrogen and oxygen atoms in total. The molecule has 0 spiro atoms. The molecule has 0 amide bonds. The summed E-state index contributed by atoms with van der Waals surface area (Å²) in [6, 6.07) is 0. The number of carbonyl (C=O) groups excluding carboxylic acids is 2. The van der Waals surface area contributed by atoms with E-state index in [2.05, 4.69) is 0 Å². The number of carbonyl (C=O) groups is 2. The molecule has 0 atom stereocenters. The highest BCUT2D eigenvalue weighted by molar-refractivity contribution is 5.99. The summed E-state index contributed by atoms with van der Waals surface area (Å²) in [6.45, 7) is 12.0. The van der Waals surface area contributed by atoms with E-state index in [1.807, 2.05) is 34.6 Å². The van der Waals surface area contributed by atoms with E-state index in [1.54, 1.807) is 6.92 Å². The van der Waals surface area contributed by atoms with Crippen molar-refractivity contribution in [2.24, 2.45) is 11.8 Å². The van der Waals surface area contributed by atoms with Gasteiger partial charge in [-0.2, -0.15) is 0 Å². The quantitative estimate of drug-likeness (QED) is 0.527. The SMILES string of the molecule is CC/C(C(=O)OCC(C)C)=C(\C)C(=O)OCC(C)C. The van der Waals surface area contributed by atoms with E-state index < -0.39 is 11.9 Å². The monoisotopic (exact) mass is 270 g/mol. The van der Waals surface area contributed by atoms with Crippen LogP contribution in [-0.2, 0) is 19.1 Å². The summed E-state index contributed by atoms with van der Waals surface area (Å²) >= 11 is 0. The first-order valence-corrected chi connectivity index (χ1v) is 6.83. The summed E-state index contributed by atoms with van der Waals surface area (Å²) in [5.41, 5.74) is 0.742. The minimum atomic E-state index is -0.438. The Bertz CT molecular complexity index is 340. The molecule has 0 aromatic carbocycles. The van der Waals surface area contributed by atoms with Gasteiger partial charge in [-0.3, -0.25) is 0 Å². The Morgan fingerprint density at radius 3 is 1.68 bits per heavy atom. The van der Waals surface area contributed by atoms with E-state index in [9.17, 15) is 9.59 Å². The lowest BCUT2D eigenvalue weighted by atomic mass is 10.1. The van der Waals surface area contributed by atoms with Crippen molar-refractivity contribution in [1.82, 2.24) is 0 Å². The maximum absolute atomic E-state index is 11.9. The number of rotatable bonds is 7. The van der Waals surface area contributed by atoms with E-state index in [0.29, 0.717) is 30.8 Å². The molecule has 0 aliphatic rings. The molecule has 0 aromatic rings. The zero-order valence-electron chi connectivity index (χ0n) is 12.9. The molecule has 0 rings (SSSR count). The van der Waals surface area contributed by atoms with Crippen molar-refractivity contribution >= 4 is 11.9 Å². The van der Waals surface area contributed by atoms with Gasteiger partial charge in [0.1, 0.15) is 0 Å². The second-order valence-electron chi connectivity index (χ2n) is 5.44. The molecule has 0 saturated heterocycles. The number of hydrogen-bond acceptors (Lipinski definition) is 4. The molecule has 0 aromatic heterocycles. The predicted molar refractivity (Wildman–Crippen MR) is 74.6 cm³/mol. The van der Waals surface area contributed by atoms with Crippen molar-refractivity contribution in [1.29, 1.82) is 0 Å². The summed E-state index contributed by atoms with van der Waals surface area (Å²) in [7, 11) is 0. The van der Waals surface area contributed by atoms with E-state index in [4.69, 9.17) is 9.47 Å². The highest BCUT2D eigenvalue weighted by Crippen LogP contribution is 2.13. The summed E-state index contributed by atoms with van der Waals surface area (Å²) in [6.07, 6.45) is 0.458. The Hall–Kier alpha value is -1.32. The van der Waals surface area contributed by atoms with Crippen LogP contribution < -0.4 is 0 Å². The maximum Gasteiger partial charge on any atom is 0.334 e. The first kappa shape index (κ1) is 17.7. The van der Waals surface area contributed by atoms with E-state index >= 15 is 0 Å². The van der Waals surface area contributed by atoms with E-state index in [0.717, 1.165) is 0 Å². The Balaban J connectivity index is 4.72. The van der Waals surface area contributed by atoms with Crippen molar-refractivity contribution in [3.63, 3.8) is 0 Å². The first-order chi connectivity index (χ1) is 8.79. The summed E-state index contributed by atoms with van der Waals surface area (Å²) in [4.78, 5) is 23.7. The van der Waals surface area contributed by atoms with Crippen LogP contribution >= 0.6 is 0 Å². The van der Waals surface area contributed by atoms with Gasteiger partial charge in [-0.15, -0.1) is 0 Å². The standard InChI is InChI=1S/C15H26O4/c1-7-13(15(17)19-9-11(4)5)12(6)14(16)18-8-10(2)3/h10-11H,7-9H2,1-6H3/b13-12-. The lowest BCUT2D eigenvalue weighted by molar-refractivity contribution is -0.143. The van der Waals surface area contributed by atoms with Gasteiger partial charge in [0.05, 0.1) is 13.2 Å². The molecule has 0 saturated carbocycles. The lowest BCUT2D eigenvalue weighted by Gasteiger charge is -2.12. The molecule has 0 fully saturated rings. The highest BCUT2D eigenvalue weighted by atomic mass is 16.5. The topological polar surface area (TPSA) is 52.6 Å². The zero-order chi connectivity index (χ0) is 15.0. The van der Waals surface area contributed by atoms with Gasteiger partial charge in [0.15, 0.2) is 0 Å². The van der Waals surface area contributed by atoms with Crippen LogP contribution in [0.2, 0.25) is 0 Å². The molecule has 4 heteroatoms. The molecule has 0 unspecified atom stereocenters. The molecule has 0 aliphatic heterocycles.